The Kier molecular flexibility index (Phi) is 6.86. The summed E-state index contributed by atoms with van der Waals surface area (Å²) < 4.78 is 10.9. The van der Waals surface area contributed by atoms with E-state index in [4.69, 9.17) is 9.47 Å². The molecule has 0 saturated carbocycles. The molecule has 1 heterocycles. The zero-order chi connectivity index (χ0) is 22.4. The standard InChI is InChI=1S/C22H24N4O5/c1-14(2)31-18-11-9-15(13-19(18)30-3)21(28)23-24-22(29)17-10-12-20(27)26(25-17)16-7-5-4-6-8-16/h4-9,11,13-14H,10,12H2,1-3H3,(H,23,28)(H,24,29). The van der Waals surface area contributed by atoms with E-state index < -0.39 is 11.8 Å². The smallest absolute Gasteiger partial charge is 0.285 e. The molecule has 2 aromatic carbocycles. The highest BCUT2D eigenvalue weighted by molar-refractivity contribution is 6.40. The highest BCUT2D eigenvalue weighted by atomic mass is 16.5. The Bertz CT molecular complexity index is 1000. The largest absolute Gasteiger partial charge is 0.493 e. The van der Waals surface area contributed by atoms with E-state index in [0.29, 0.717) is 17.2 Å². The van der Waals surface area contributed by atoms with E-state index in [9.17, 15) is 14.4 Å². The van der Waals surface area contributed by atoms with Gasteiger partial charge in [0.2, 0.25) is 5.91 Å². The van der Waals surface area contributed by atoms with Crippen LogP contribution in [0.15, 0.2) is 53.6 Å². The first-order valence-electron chi connectivity index (χ1n) is 9.80. The third kappa shape index (κ3) is 5.39. The maximum absolute atomic E-state index is 12.5. The molecule has 2 N–H and O–H groups in total. The Morgan fingerprint density at radius 3 is 2.39 bits per heavy atom. The molecule has 3 rings (SSSR count). The zero-order valence-corrected chi connectivity index (χ0v) is 17.5. The van der Waals surface area contributed by atoms with Crippen LogP contribution in [0, 0.1) is 0 Å². The summed E-state index contributed by atoms with van der Waals surface area (Å²) in [4.78, 5) is 37.1. The lowest BCUT2D eigenvalue weighted by atomic mass is 10.1. The first-order chi connectivity index (χ1) is 14.9. The summed E-state index contributed by atoms with van der Waals surface area (Å²) in [7, 11) is 1.48. The fraction of sp³-hybridized carbons (Fsp3) is 0.273. The SMILES string of the molecule is COc1cc(C(=O)NNC(=O)C2=NN(c3ccccc3)C(=O)CC2)ccc1OC(C)C. The lowest BCUT2D eigenvalue weighted by Gasteiger charge is -2.23. The van der Waals surface area contributed by atoms with Crippen molar-refractivity contribution in [2.24, 2.45) is 5.10 Å². The Balaban J connectivity index is 1.66. The van der Waals surface area contributed by atoms with Gasteiger partial charge in [-0.3, -0.25) is 25.2 Å². The first-order valence-corrected chi connectivity index (χ1v) is 9.80. The van der Waals surface area contributed by atoms with Gasteiger partial charge in [-0.1, -0.05) is 18.2 Å². The maximum Gasteiger partial charge on any atom is 0.285 e. The summed E-state index contributed by atoms with van der Waals surface area (Å²) in [5.41, 5.74) is 5.68. The molecule has 0 spiro atoms. The summed E-state index contributed by atoms with van der Waals surface area (Å²) >= 11 is 0. The molecule has 31 heavy (non-hydrogen) atoms. The van der Waals surface area contributed by atoms with Gasteiger partial charge in [-0.05, 0) is 44.2 Å². The maximum atomic E-state index is 12.5. The second-order valence-electron chi connectivity index (χ2n) is 7.03. The Morgan fingerprint density at radius 2 is 1.71 bits per heavy atom. The predicted octanol–water partition coefficient (Wildman–Crippen LogP) is 2.43. The Hall–Kier alpha value is -3.88. The van der Waals surface area contributed by atoms with Gasteiger partial charge < -0.3 is 9.47 Å². The van der Waals surface area contributed by atoms with Gasteiger partial charge in [0.15, 0.2) is 11.5 Å². The summed E-state index contributed by atoms with van der Waals surface area (Å²) in [6.07, 6.45) is 0.272. The van der Waals surface area contributed by atoms with Crippen molar-refractivity contribution in [1.29, 1.82) is 0 Å². The highest BCUT2D eigenvalue weighted by Crippen LogP contribution is 2.29. The van der Waals surface area contributed by atoms with Crippen molar-refractivity contribution in [2.45, 2.75) is 32.8 Å². The molecule has 0 bridgehead atoms. The van der Waals surface area contributed by atoms with Crippen molar-refractivity contribution in [3.05, 3.63) is 54.1 Å². The van der Waals surface area contributed by atoms with Crippen LogP contribution in [0.1, 0.15) is 37.0 Å². The highest BCUT2D eigenvalue weighted by Gasteiger charge is 2.26. The van der Waals surface area contributed by atoms with Crippen molar-refractivity contribution < 1.29 is 23.9 Å². The number of amides is 3. The van der Waals surface area contributed by atoms with Crippen LogP contribution in [0.2, 0.25) is 0 Å². The van der Waals surface area contributed by atoms with Crippen LogP contribution in [0.4, 0.5) is 5.69 Å². The third-order valence-corrected chi connectivity index (χ3v) is 4.37. The Morgan fingerprint density at radius 1 is 1.00 bits per heavy atom. The molecule has 0 fully saturated rings. The van der Waals surface area contributed by atoms with Gasteiger partial charge in [0, 0.05) is 18.4 Å². The number of hydrogen-bond donors (Lipinski definition) is 2. The molecule has 1 aliphatic rings. The number of hydrazone groups is 1. The van der Waals surface area contributed by atoms with Crippen LogP contribution < -0.4 is 25.3 Å². The van der Waals surface area contributed by atoms with Crippen molar-refractivity contribution in [2.75, 3.05) is 12.1 Å². The van der Waals surface area contributed by atoms with Crippen LogP contribution in [-0.4, -0.2) is 36.6 Å². The van der Waals surface area contributed by atoms with Crippen molar-refractivity contribution >= 4 is 29.1 Å². The van der Waals surface area contributed by atoms with Gasteiger partial charge in [0.25, 0.3) is 11.8 Å². The number of nitrogens with zero attached hydrogens (tertiary/aromatic N) is 2. The average Bonchev–Trinajstić information content (AvgIpc) is 2.78. The van der Waals surface area contributed by atoms with Crippen LogP contribution in [0.25, 0.3) is 0 Å². The van der Waals surface area contributed by atoms with E-state index in [1.54, 1.807) is 36.4 Å². The molecule has 0 atom stereocenters. The number of hydrogen-bond acceptors (Lipinski definition) is 6. The van der Waals surface area contributed by atoms with Gasteiger partial charge in [0.1, 0.15) is 5.71 Å². The first kappa shape index (κ1) is 21.8. The van der Waals surface area contributed by atoms with Crippen LogP contribution in [0.5, 0.6) is 11.5 Å². The molecule has 1 aliphatic heterocycles. The van der Waals surface area contributed by atoms with Gasteiger partial charge in [-0.15, -0.1) is 0 Å². The molecule has 9 heteroatoms. The number of carbonyl (C=O) groups is 3. The lowest BCUT2D eigenvalue weighted by molar-refractivity contribution is -0.119. The van der Waals surface area contributed by atoms with E-state index in [1.165, 1.54) is 18.2 Å². The number of benzene rings is 2. The average molecular weight is 424 g/mol. The summed E-state index contributed by atoms with van der Waals surface area (Å²) in [6, 6.07) is 13.5. The molecular weight excluding hydrogens is 400 g/mol. The van der Waals surface area contributed by atoms with Crippen molar-refractivity contribution in [3.8, 4) is 11.5 Å². The molecule has 162 valence electrons. The summed E-state index contributed by atoms with van der Waals surface area (Å²) in [6.45, 7) is 3.77. The molecule has 9 nitrogen and oxygen atoms in total. The molecule has 0 aliphatic carbocycles. The fourth-order valence-electron chi connectivity index (χ4n) is 2.91. The van der Waals surface area contributed by atoms with Gasteiger partial charge in [-0.25, -0.2) is 5.01 Å². The van der Waals surface area contributed by atoms with E-state index in [2.05, 4.69) is 16.0 Å². The predicted molar refractivity (Wildman–Crippen MR) is 115 cm³/mol. The minimum atomic E-state index is -0.589. The molecular formula is C22H24N4O5. The molecule has 0 unspecified atom stereocenters. The van der Waals surface area contributed by atoms with E-state index in [0.717, 1.165) is 0 Å². The van der Waals surface area contributed by atoms with Gasteiger partial charge in [0.05, 0.1) is 18.9 Å². The second-order valence-corrected chi connectivity index (χ2v) is 7.03. The van der Waals surface area contributed by atoms with Gasteiger partial charge >= 0.3 is 0 Å². The number of para-hydroxylation sites is 1. The lowest BCUT2D eigenvalue weighted by Crippen LogP contribution is -2.47. The molecule has 2 aromatic rings. The normalized spacial score (nSPS) is 13.5. The number of nitrogens with one attached hydrogen (secondary N) is 2. The van der Waals surface area contributed by atoms with Crippen LogP contribution in [0.3, 0.4) is 0 Å². The van der Waals surface area contributed by atoms with E-state index in [-0.39, 0.29) is 36.1 Å². The third-order valence-electron chi connectivity index (χ3n) is 4.37. The van der Waals surface area contributed by atoms with Crippen molar-refractivity contribution in [3.63, 3.8) is 0 Å². The minimum absolute atomic E-state index is 0.0496. The fourth-order valence-corrected chi connectivity index (χ4v) is 2.91. The number of anilines is 1. The second kappa shape index (κ2) is 9.75. The zero-order valence-electron chi connectivity index (χ0n) is 17.5. The van der Waals surface area contributed by atoms with Crippen molar-refractivity contribution in [1.82, 2.24) is 10.9 Å². The minimum Gasteiger partial charge on any atom is -0.493 e. The topological polar surface area (TPSA) is 109 Å². The summed E-state index contributed by atoms with van der Waals surface area (Å²) in [5.74, 6) is -0.409. The molecule has 0 radical (unpaired) electrons. The number of hydrazine groups is 1. The summed E-state index contributed by atoms with van der Waals surface area (Å²) in [5, 5.41) is 5.34. The molecule has 3 amide bonds. The quantitative estimate of drug-likeness (QED) is 0.692. The monoisotopic (exact) mass is 424 g/mol. The van der Waals surface area contributed by atoms with Gasteiger partial charge in [-0.2, -0.15) is 5.10 Å². The number of methoxy groups -OCH3 is 1. The van der Waals surface area contributed by atoms with Crippen LogP contribution >= 0.6 is 0 Å². The molecule has 0 aromatic heterocycles. The Labute approximate surface area is 180 Å². The van der Waals surface area contributed by atoms with E-state index >= 15 is 0 Å². The number of ether oxygens (including phenoxy) is 2. The van der Waals surface area contributed by atoms with E-state index in [1.807, 2.05) is 19.9 Å². The number of rotatable bonds is 6. The molecule has 0 saturated heterocycles. The number of carbonyl (C=O) groups excluding carboxylic acids is 3. The van der Waals surface area contributed by atoms with Crippen LogP contribution in [-0.2, 0) is 9.59 Å².